The minimum absolute atomic E-state index is 0. The standard InChI is InChI=1S/C16H23ClN2O2.ClH/c1-12(10-18)15(20)19-11-16(6-8-21-9-7-16)13-2-4-14(17)5-3-13;/h2-5,12H,6-11,18H2,1H3,(H,19,20);1H. The highest BCUT2D eigenvalue weighted by atomic mass is 35.5. The van der Waals surface area contributed by atoms with Crippen molar-refractivity contribution < 1.29 is 9.53 Å². The van der Waals surface area contributed by atoms with Crippen LogP contribution >= 0.6 is 24.0 Å². The first-order valence-corrected chi connectivity index (χ1v) is 7.77. The van der Waals surface area contributed by atoms with Crippen LogP contribution in [0.25, 0.3) is 0 Å². The van der Waals surface area contributed by atoms with Crippen LogP contribution in [0.1, 0.15) is 25.3 Å². The van der Waals surface area contributed by atoms with Gasteiger partial charge in [0.25, 0.3) is 0 Å². The third-order valence-corrected chi connectivity index (χ3v) is 4.56. The lowest BCUT2D eigenvalue weighted by Gasteiger charge is -2.38. The van der Waals surface area contributed by atoms with Crippen LogP contribution in [0.3, 0.4) is 0 Å². The van der Waals surface area contributed by atoms with E-state index < -0.39 is 0 Å². The number of rotatable bonds is 5. The van der Waals surface area contributed by atoms with E-state index in [4.69, 9.17) is 22.1 Å². The van der Waals surface area contributed by atoms with E-state index in [-0.39, 0.29) is 29.6 Å². The third-order valence-electron chi connectivity index (χ3n) is 4.31. The molecular formula is C16H24Cl2N2O2. The molecule has 1 aliphatic rings. The van der Waals surface area contributed by atoms with Crippen LogP contribution in [0.5, 0.6) is 0 Å². The van der Waals surface area contributed by atoms with Gasteiger partial charge in [-0.15, -0.1) is 12.4 Å². The fourth-order valence-electron chi connectivity index (χ4n) is 2.67. The molecule has 0 radical (unpaired) electrons. The molecule has 1 aromatic carbocycles. The van der Waals surface area contributed by atoms with Gasteiger partial charge in [-0.25, -0.2) is 0 Å². The first-order chi connectivity index (χ1) is 10.1. The van der Waals surface area contributed by atoms with Gasteiger partial charge in [0, 0.05) is 42.7 Å². The topological polar surface area (TPSA) is 64.4 Å². The van der Waals surface area contributed by atoms with Crippen molar-refractivity contribution in [1.29, 1.82) is 0 Å². The van der Waals surface area contributed by atoms with Crippen molar-refractivity contribution in [2.75, 3.05) is 26.3 Å². The Morgan fingerprint density at radius 2 is 1.95 bits per heavy atom. The highest BCUT2D eigenvalue weighted by Crippen LogP contribution is 2.34. The number of carbonyl (C=O) groups excluding carboxylic acids is 1. The maximum atomic E-state index is 12.0. The van der Waals surface area contributed by atoms with Crippen molar-refractivity contribution >= 4 is 29.9 Å². The fourth-order valence-corrected chi connectivity index (χ4v) is 2.80. The lowest BCUT2D eigenvalue weighted by atomic mass is 9.74. The molecule has 0 saturated carbocycles. The third kappa shape index (κ3) is 4.59. The summed E-state index contributed by atoms with van der Waals surface area (Å²) in [5.74, 6) is -0.149. The van der Waals surface area contributed by atoms with Gasteiger partial charge < -0.3 is 15.8 Å². The lowest BCUT2D eigenvalue weighted by molar-refractivity contribution is -0.124. The SMILES string of the molecule is CC(CN)C(=O)NCC1(c2ccc(Cl)cc2)CCOCC1.Cl. The van der Waals surface area contributed by atoms with E-state index in [1.165, 1.54) is 5.56 Å². The first kappa shape index (κ1) is 19.2. The molecule has 1 saturated heterocycles. The summed E-state index contributed by atoms with van der Waals surface area (Å²) in [5, 5.41) is 3.77. The average Bonchev–Trinajstić information content (AvgIpc) is 2.53. The molecule has 4 nitrogen and oxygen atoms in total. The Hall–Kier alpha value is -0.810. The van der Waals surface area contributed by atoms with Gasteiger partial charge in [0.2, 0.25) is 5.91 Å². The second-order valence-electron chi connectivity index (χ2n) is 5.75. The number of nitrogens with two attached hydrogens (primary N) is 1. The van der Waals surface area contributed by atoms with Gasteiger partial charge >= 0.3 is 0 Å². The Kier molecular flexibility index (Phi) is 7.63. The molecule has 1 aromatic rings. The van der Waals surface area contributed by atoms with E-state index >= 15 is 0 Å². The van der Waals surface area contributed by atoms with E-state index in [0.29, 0.717) is 26.3 Å². The molecule has 0 spiro atoms. The maximum absolute atomic E-state index is 12.0. The van der Waals surface area contributed by atoms with Crippen LogP contribution < -0.4 is 11.1 Å². The van der Waals surface area contributed by atoms with Gasteiger partial charge in [-0.1, -0.05) is 30.7 Å². The van der Waals surface area contributed by atoms with Gasteiger partial charge in [-0.2, -0.15) is 0 Å². The minimum atomic E-state index is -0.160. The van der Waals surface area contributed by atoms with Crippen LogP contribution in [0, 0.1) is 5.92 Å². The zero-order valence-electron chi connectivity index (χ0n) is 12.8. The van der Waals surface area contributed by atoms with E-state index in [1.807, 2.05) is 31.2 Å². The molecule has 0 aromatic heterocycles. The number of hydrogen-bond acceptors (Lipinski definition) is 3. The number of benzene rings is 1. The van der Waals surface area contributed by atoms with E-state index in [9.17, 15) is 4.79 Å². The second-order valence-corrected chi connectivity index (χ2v) is 6.19. The molecule has 6 heteroatoms. The normalized spacial score (nSPS) is 18.1. The van der Waals surface area contributed by atoms with Crippen LogP contribution in [0.2, 0.25) is 5.02 Å². The van der Waals surface area contributed by atoms with E-state index in [2.05, 4.69) is 5.32 Å². The monoisotopic (exact) mass is 346 g/mol. The summed E-state index contributed by atoms with van der Waals surface area (Å²) >= 11 is 5.98. The molecule has 1 unspecified atom stereocenters. The van der Waals surface area contributed by atoms with Crippen molar-refractivity contribution in [3.05, 3.63) is 34.9 Å². The molecule has 0 bridgehead atoms. The predicted molar refractivity (Wildman–Crippen MR) is 91.7 cm³/mol. The summed E-state index contributed by atoms with van der Waals surface area (Å²) < 4.78 is 5.49. The number of hydrogen-bond donors (Lipinski definition) is 2. The maximum Gasteiger partial charge on any atom is 0.224 e. The molecule has 3 N–H and O–H groups in total. The van der Waals surface area contributed by atoms with Crippen LogP contribution in [0.15, 0.2) is 24.3 Å². The molecular weight excluding hydrogens is 323 g/mol. The number of halogens is 2. The zero-order valence-corrected chi connectivity index (χ0v) is 14.4. The minimum Gasteiger partial charge on any atom is -0.381 e. The lowest BCUT2D eigenvalue weighted by Crippen LogP contribution is -2.46. The second kappa shape index (κ2) is 8.73. The van der Waals surface area contributed by atoms with Crippen molar-refractivity contribution in [3.63, 3.8) is 0 Å². The molecule has 1 atom stereocenters. The Labute approximate surface area is 143 Å². The largest absolute Gasteiger partial charge is 0.381 e. The summed E-state index contributed by atoms with van der Waals surface area (Å²) in [4.78, 5) is 12.0. The summed E-state index contributed by atoms with van der Waals surface area (Å²) in [6.45, 7) is 4.24. The number of nitrogens with one attached hydrogen (secondary N) is 1. The molecule has 1 aliphatic heterocycles. The Balaban J connectivity index is 0.00000242. The van der Waals surface area contributed by atoms with E-state index in [1.54, 1.807) is 0 Å². The van der Waals surface area contributed by atoms with Crippen LogP contribution in [-0.2, 0) is 14.9 Å². The smallest absolute Gasteiger partial charge is 0.224 e. The van der Waals surface area contributed by atoms with E-state index in [0.717, 1.165) is 17.9 Å². The summed E-state index contributed by atoms with van der Waals surface area (Å²) in [5.41, 5.74) is 6.67. The van der Waals surface area contributed by atoms with Crippen molar-refractivity contribution in [3.8, 4) is 0 Å². The van der Waals surface area contributed by atoms with Gasteiger partial charge in [-0.3, -0.25) is 4.79 Å². The molecule has 2 rings (SSSR count). The Morgan fingerprint density at radius 1 is 1.36 bits per heavy atom. The molecule has 1 heterocycles. The number of ether oxygens (including phenoxy) is 1. The highest BCUT2D eigenvalue weighted by Gasteiger charge is 2.35. The van der Waals surface area contributed by atoms with Gasteiger partial charge in [0.1, 0.15) is 0 Å². The quantitative estimate of drug-likeness (QED) is 0.860. The molecule has 1 amide bonds. The summed E-state index contributed by atoms with van der Waals surface area (Å²) in [6.07, 6.45) is 1.79. The summed E-state index contributed by atoms with van der Waals surface area (Å²) in [6, 6.07) is 7.90. The number of carbonyl (C=O) groups is 1. The van der Waals surface area contributed by atoms with Gasteiger partial charge in [0.15, 0.2) is 0 Å². The predicted octanol–water partition coefficient (Wildman–Crippen LogP) is 2.52. The summed E-state index contributed by atoms with van der Waals surface area (Å²) in [7, 11) is 0. The molecule has 1 fully saturated rings. The van der Waals surface area contributed by atoms with Crippen molar-refractivity contribution in [2.45, 2.75) is 25.2 Å². The van der Waals surface area contributed by atoms with Crippen molar-refractivity contribution in [1.82, 2.24) is 5.32 Å². The fraction of sp³-hybridized carbons (Fsp3) is 0.562. The Bertz CT molecular complexity index is 474. The highest BCUT2D eigenvalue weighted by molar-refractivity contribution is 6.30. The Morgan fingerprint density at radius 3 is 2.50 bits per heavy atom. The average molecular weight is 347 g/mol. The van der Waals surface area contributed by atoms with Crippen LogP contribution in [0.4, 0.5) is 0 Å². The number of amides is 1. The van der Waals surface area contributed by atoms with Crippen LogP contribution in [-0.4, -0.2) is 32.2 Å². The zero-order chi connectivity index (χ0) is 15.3. The van der Waals surface area contributed by atoms with Gasteiger partial charge in [0.05, 0.1) is 0 Å². The van der Waals surface area contributed by atoms with Gasteiger partial charge in [-0.05, 0) is 30.5 Å². The first-order valence-electron chi connectivity index (χ1n) is 7.39. The molecule has 0 aliphatic carbocycles. The van der Waals surface area contributed by atoms with Crippen molar-refractivity contribution in [2.24, 2.45) is 11.7 Å². The molecule has 22 heavy (non-hydrogen) atoms. The molecule has 124 valence electrons.